The molecule has 0 aromatic carbocycles. The van der Waals surface area contributed by atoms with Crippen LogP contribution in [-0.2, 0) is 10.0 Å². The molecule has 0 saturated carbocycles. The molecular weight excluding hydrogens is 250 g/mol. The van der Waals surface area contributed by atoms with Crippen LogP contribution in [0.5, 0.6) is 0 Å². The van der Waals surface area contributed by atoms with Crippen molar-refractivity contribution in [1.29, 1.82) is 0 Å². The number of aryl methyl sites for hydroxylation is 1. The van der Waals surface area contributed by atoms with Crippen LogP contribution in [-0.4, -0.2) is 36.8 Å². The van der Waals surface area contributed by atoms with Gasteiger partial charge in [0.2, 0.25) is 0 Å². The summed E-state index contributed by atoms with van der Waals surface area (Å²) in [5.74, 6) is 0. The van der Waals surface area contributed by atoms with Gasteiger partial charge in [-0.3, -0.25) is 0 Å². The van der Waals surface area contributed by atoms with Crippen LogP contribution in [0.4, 0.5) is 0 Å². The van der Waals surface area contributed by atoms with E-state index in [4.69, 9.17) is 5.73 Å². The molecule has 5 nitrogen and oxygen atoms in total. The lowest BCUT2D eigenvalue weighted by Crippen LogP contribution is -2.47. The number of nitrogens with zero attached hydrogens (tertiary/aromatic N) is 2. The van der Waals surface area contributed by atoms with E-state index >= 15 is 0 Å². The third-order valence-corrected chi connectivity index (χ3v) is 5.17. The lowest BCUT2D eigenvalue weighted by molar-refractivity contribution is 0.257. The third-order valence-electron chi connectivity index (χ3n) is 3.30. The maximum Gasteiger partial charge on any atom is 0.260 e. The Bertz CT molecular complexity index is 499. The van der Waals surface area contributed by atoms with Gasteiger partial charge in [0.1, 0.15) is 0 Å². The van der Waals surface area contributed by atoms with Crippen molar-refractivity contribution in [3.63, 3.8) is 0 Å². The number of hydrogen-bond donors (Lipinski definition) is 1. The van der Waals surface area contributed by atoms with Crippen LogP contribution in [0.2, 0.25) is 0 Å². The molecule has 2 rings (SSSR count). The predicted molar refractivity (Wildman–Crippen MR) is 69.6 cm³/mol. The highest BCUT2D eigenvalue weighted by Gasteiger charge is 2.33. The Kier molecular flexibility index (Phi) is 3.99. The van der Waals surface area contributed by atoms with Gasteiger partial charge in [-0.15, -0.1) is 0 Å². The minimum atomic E-state index is -3.50. The largest absolute Gasteiger partial charge is 0.329 e. The Morgan fingerprint density at radius 1 is 1.44 bits per heavy atom. The van der Waals surface area contributed by atoms with Gasteiger partial charge in [-0.1, -0.05) is 12.5 Å². The highest BCUT2D eigenvalue weighted by atomic mass is 32.2. The fraction of sp³-hybridized carbons (Fsp3) is 0.583. The summed E-state index contributed by atoms with van der Waals surface area (Å²) in [6.45, 7) is 2.79. The summed E-state index contributed by atoms with van der Waals surface area (Å²) < 4.78 is 26.5. The summed E-state index contributed by atoms with van der Waals surface area (Å²) in [4.78, 5) is 4.02. The lowest BCUT2D eigenvalue weighted by atomic mass is 10.1. The van der Waals surface area contributed by atoms with Gasteiger partial charge in [-0.05, 0) is 31.4 Å². The summed E-state index contributed by atoms with van der Waals surface area (Å²) in [5.41, 5.74) is 6.61. The molecule has 1 atom stereocenters. The number of hydrogen-bond acceptors (Lipinski definition) is 4. The van der Waals surface area contributed by atoms with Crippen molar-refractivity contribution >= 4 is 10.0 Å². The molecular formula is C12H19N3O2S. The number of aromatic nitrogens is 1. The van der Waals surface area contributed by atoms with E-state index in [9.17, 15) is 8.42 Å². The fourth-order valence-electron chi connectivity index (χ4n) is 2.25. The summed E-state index contributed by atoms with van der Waals surface area (Å²) in [6.07, 6.45) is 4.34. The van der Waals surface area contributed by atoms with Crippen LogP contribution >= 0.6 is 0 Å². The summed E-state index contributed by atoms with van der Waals surface area (Å²) >= 11 is 0. The van der Waals surface area contributed by atoms with Crippen molar-refractivity contribution in [2.75, 3.05) is 13.1 Å². The monoisotopic (exact) mass is 269 g/mol. The molecule has 2 heterocycles. The first-order valence-electron chi connectivity index (χ1n) is 6.20. The fourth-order valence-corrected chi connectivity index (χ4v) is 3.87. The standard InChI is InChI=1S/C12H19N3O2S/c1-10-5-6-12(14-9-10)18(16,17)15-7-3-2-4-11(15)8-13/h5-6,9,11H,2-4,7-8,13H2,1H3. The zero-order valence-corrected chi connectivity index (χ0v) is 11.4. The van der Waals surface area contributed by atoms with Crippen LogP contribution in [0.3, 0.4) is 0 Å². The first-order valence-corrected chi connectivity index (χ1v) is 7.64. The van der Waals surface area contributed by atoms with Crippen LogP contribution < -0.4 is 5.73 Å². The van der Waals surface area contributed by atoms with Crippen LogP contribution in [0.25, 0.3) is 0 Å². The zero-order chi connectivity index (χ0) is 13.2. The molecule has 0 aliphatic carbocycles. The van der Waals surface area contributed by atoms with Crippen molar-refractivity contribution < 1.29 is 8.42 Å². The van der Waals surface area contributed by atoms with Gasteiger partial charge in [-0.25, -0.2) is 13.4 Å². The van der Waals surface area contributed by atoms with Crippen molar-refractivity contribution in [3.8, 4) is 0 Å². The average Bonchev–Trinajstić information content (AvgIpc) is 2.39. The van der Waals surface area contributed by atoms with Gasteiger partial charge in [-0.2, -0.15) is 4.31 Å². The minimum Gasteiger partial charge on any atom is -0.329 e. The van der Waals surface area contributed by atoms with E-state index in [2.05, 4.69) is 4.98 Å². The lowest BCUT2D eigenvalue weighted by Gasteiger charge is -2.33. The smallest absolute Gasteiger partial charge is 0.260 e. The topological polar surface area (TPSA) is 76.3 Å². The van der Waals surface area contributed by atoms with Gasteiger partial charge >= 0.3 is 0 Å². The van der Waals surface area contributed by atoms with Crippen molar-refractivity contribution in [2.24, 2.45) is 5.73 Å². The SMILES string of the molecule is Cc1ccc(S(=O)(=O)N2CCCCC2CN)nc1. The zero-order valence-electron chi connectivity index (χ0n) is 10.5. The molecule has 18 heavy (non-hydrogen) atoms. The third kappa shape index (κ3) is 2.55. The second-order valence-electron chi connectivity index (χ2n) is 4.67. The van der Waals surface area contributed by atoms with Gasteiger partial charge in [0, 0.05) is 25.3 Å². The summed E-state index contributed by atoms with van der Waals surface area (Å²) in [7, 11) is -3.50. The molecule has 0 spiro atoms. The number of pyridine rings is 1. The minimum absolute atomic E-state index is 0.0909. The number of rotatable bonds is 3. The summed E-state index contributed by atoms with van der Waals surface area (Å²) in [5, 5.41) is 0.119. The molecule has 1 aromatic rings. The number of sulfonamides is 1. The molecule has 2 N–H and O–H groups in total. The van der Waals surface area contributed by atoms with E-state index in [0.29, 0.717) is 13.1 Å². The highest BCUT2D eigenvalue weighted by Crippen LogP contribution is 2.23. The molecule has 100 valence electrons. The molecule has 1 aliphatic rings. The first kappa shape index (κ1) is 13.5. The molecule has 6 heteroatoms. The van der Waals surface area contributed by atoms with Gasteiger partial charge in [0.05, 0.1) is 0 Å². The Labute approximate surface area is 108 Å². The maximum absolute atomic E-state index is 12.5. The van der Waals surface area contributed by atoms with E-state index < -0.39 is 10.0 Å². The molecule has 1 unspecified atom stereocenters. The molecule has 0 amide bonds. The van der Waals surface area contributed by atoms with Gasteiger partial charge in [0.25, 0.3) is 10.0 Å². The van der Waals surface area contributed by atoms with E-state index in [1.165, 1.54) is 4.31 Å². The van der Waals surface area contributed by atoms with Crippen molar-refractivity contribution in [3.05, 3.63) is 23.9 Å². The Balaban J connectivity index is 2.32. The maximum atomic E-state index is 12.5. The van der Waals surface area contributed by atoms with Gasteiger partial charge in [0.15, 0.2) is 5.03 Å². The normalized spacial score (nSPS) is 22.0. The van der Waals surface area contributed by atoms with Crippen LogP contribution in [0.15, 0.2) is 23.4 Å². The highest BCUT2D eigenvalue weighted by molar-refractivity contribution is 7.89. The predicted octanol–water partition coefficient (Wildman–Crippen LogP) is 0.892. The average molecular weight is 269 g/mol. The first-order chi connectivity index (χ1) is 8.55. The Morgan fingerprint density at radius 2 is 2.22 bits per heavy atom. The van der Waals surface area contributed by atoms with E-state index in [-0.39, 0.29) is 11.1 Å². The second kappa shape index (κ2) is 5.34. The number of nitrogens with two attached hydrogens (primary N) is 1. The van der Waals surface area contributed by atoms with Crippen molar-refractivity contribution in [1.82, 2.24) is 9.29 Å². The van der Waals surface area contributed by atoms with E-state index in [1.807, 2.05) is 6.92 Å². The van der Waals surface area contributed by atoms with Gasteiger partial charge < -0.3 is 5.73 Å². The Hall–Kier alpha value is -0.980. The molecule has 1 aromatic heterocycles. The second-order valence-corrected chi connectivity index (χ2v) is 6.51. The number of piperidine rings is 1. The summed E-state index contributed by atoms with van der Waals surface area (Å²) in [6, 6.07) is 3.24. The molecule has 1 aliphatic heterocycles. The molecule has 0 radical (unpaired) electrons. The van der Waals surface area contributed by atoms with E-state index in [1.54, 1.807) is 18.3 Å². The molecule has 1 saturated heterocycles. The Morgan fingerprint density at radius 3 is 2.83 bits per heavy atom. The molecule has 1 fully saturated rings. The van der Waals surface area contributed by atoms with Crippen LogP contribution in [0.1, 0.15) is 24.8 Å². The quantitative estimate of drug-likeness (QED) is 0.884. The van der Waals surface area contributed by atoms with Crippen molar-refractivity contribution in [2.45, 2.75) is 37.3 Å². The van der Waals surface area contributed by atoms with E-state index in [0.717, 1.165) is 24.8 Å². The van der Waals surface area contributed by atoms with Crippen LogP contribution in [0, 0.1) is 6.92 Å². The molecule has 0 bridgehead atoms.